The zero-order valence-electron chi connectivity index (χ0n) is 10.4. The SMILES string of the molecule is CCNc1nc(C)cc(C(=O)N(C)CCO)n1. The number of carbonyl (C=O) groups excluding carboxylic acids is 1. The number of anilines is 1. The first-order valence-corrected chi connectivity index (χ1v) is 5.54. The van der Waals surface area contributed by atoms with Gasteiger partial charge < -0.3 is 15.3 Å². The molecule has 94 valence electrons. The molecule has 0 unspecified atom stereocenters. The van der Waals surface area contributed by atoms with E-state index in [1.165, 1.54) is 4.90 Å². The Hall–Kier alpha value is -1.69. The monoisotopic (exact) mass is 238 g/mol. The Bertz CT molecular complexity index is 395. The fourth-order valence-corrected chi connectivity index (χ4v) is 1.36. The van der Waals surface area contributed by atoms with Crippen LogP contribution in [-0.4, -0.2) is 52.6 Å². The standard InChI is InChI=1S/C11H18N4O2/c1-4-12-11-13-8(2)7-9(14-11)10(17)15(3)5-6-16/h7,16H,4-6H2,1-3H3,(H,12,13,14). The van der Waals surface area contributed by atoms with Gasteiger partial charge in [-0.05, 0) is 19.9 Å². The van der Waals surface area contributed by atoms with Crippen molar-refractivity contribution in [2.75, 3.05) is 32.1 Å². The summed E-state index contributed by atoms with van der Waals surface area (Å²) in [6.07, 6.45) is 0. The summed E-state index contributed by atoms with van der Waals surface area (Å²) < 4.78 is 0. The van der Waals surface area contributed by atoms with Crippen molar-refractivity contribution in [2.45, 2.75) is 13.8 Å². The van der Waals surface area contributed by atoms with Gasteiger partial charge in [0.2, 0.25) is 5.95 Å². The molecule has 0 saturated heterocycles. The number of aliphatic hydroxyl groups excluding tert-OH is 1. The Morgan fingerprint density at radius 1 is 1.53 bits per heavy atom. The largest absolute Gasteiger partial charge is 0.395 e. The van der Waals surface area contributed by atoms with E-state index >= 15 is 0 Å². The summed E-state index contributed by atoms with van der Waals surface area (Å²) in [5, 5.41) is 11.8. The van der Waals surface area contributed by atoms with Gasteiger partial charge in [0, 0.05) is 25.8 Å². The quantitative estimate of drug-likeness (QED) is 0.770. The molecule has 2 N–H and O–H groups in total. The van der Waals surface area contributed by atoms with Crippen molar-refractivity contribution in [1.29, 1.82) is 0 Å². The number of hydrogen-bond donors (Lipinski definition) is 2. The van der Waals surface area contributed by atoms with Crippen LogP contribution >= 0.6 is 0 Å². The third kappa shape index (κ3) is 3.67. The van der Waals surface area contributed by atoms with E-state index in [4.69, 9.17) is 5.11 Å². The lowest BCUT2D eigenvalue weighted by molar-refractivity contribution is 0.0761. The number of nitrogens with one attached hydrogen (secondary N) is 1. The smallest absolute Gasteiger partial charge is 0.272 e. The number of aromatic nitrogens is 2. The number of nitrogens with zero attached hydrogens (tertiary/aromatic N) is 3. The molecule has 1 aromatic heterocycles. The predicted octanol–water partition coefficient (Wildman–Crippen LogP) is 0.281. The maximum atomic E-state index is 11.9. The summed E-state index contributed by atoms with van der Waals surface area (Å²) in [6.45, 7) is 4.67. The normalized spacial score (nSPS) is 10.1. The molecule has 6 heteroatoms. The van der Waals surface area contributed by atoms with Crippen LogP contribution in [0.4, 0.5) is 5.95 Å². The van der Waals surface area contributed by atoms with E-state index < -0.39 is 0 Å². The lowest BCUT2D eigenvalue weighted by Crippen LogP contribution is -2.30. The third-order valence-corrected chi connectivity index (χ3v) is 2.19. The van der Waals surface area contributed by atoms with E-state index in [0.29, 0.717) is 24.7 Å². The molecule has 0 bridgehead atoms. The van der Waals surface area contributed by atoms with Gasteiger partial charge >= 0.3 is 0 Å². The van der Waals surface area contributed by atoms with Crippen LogP contribution in [0.15, 0.2) is 6.07 Å². The van der Waals surface area contributed by atoms with Crippen molar-refractivity contribution in [3.8, 4) is 0 Å². The number of aliphatic hydroxyl groups is 1. The first kappa shape index (κ1) is 13.4. The summed E-state index contributed by atoms with van der Waals surface area (Å²) in [7, 11) is 1.63. The van der Waals surface area contributed by atoms with Gasteiger partial charge in [-0.3, -0.25) is 4.79 Å². The van der Waals surface area contributed by atoms with E-state index in [1.807, 2.05) is 13.8 Å². The Labute approximate surface area is 101 Å². The molecule has 0 aliphatic carbocycles. The highest BCUT2D eigenvalue weighted by atomic mass is 16.3. The first-order chi connectivity index (χ1) is 8.08. The molecule has 1 aromatic rings. The second-order valence-electron chi connectivity index (χ2n) is 3.70. The molecule has 0 spiro atoms. The van der Waals surface area contributed by atoms with Crippen molar-refractivity contribution in [1.82, 2.24) is 14.9 Å². The Morgan fingerprint density at radius 2 is 2.24 bits per heavy atom. The zero-order valence-corrected chi connectivity index (χ0v) is 10.4. The van der Waals surface area contributed by atoms with Crippen molar-refractivity contribution in [3.63, 3.8) is 0 Å². The molecule has 17 heavy (non-hydrogen) atoms. The fraction of sp³-hybridized carbons (Fsp3) is 0.545. The van der Waals surface area contributed by atoms with Crippen LogP contribution in [0, 0.1) is 6.92 Å². The van der Waals surface area contributed by atoms with Crippen LogP contribution in [0.3, 0.4) is 0 Å². The maximum absolute atomic E-state index is 11.9. The minimum atomic E-state index is -0.219. The van der Waals surface area contributed by atoms with Crippen LogP contribution in [0.25, 0.3) is 0 Å². The predicted molar refractivity (Wildman–Crippen MR) is 65.0 cm³/mol. The maximum Gasteiger partial charge on any atom is 0.272 e. The molecule has 0 saturated carbocycles. The van der Waals surface area contributed by atoms with Gasteiger partial charge in [-0.15, -0.1) is 0 Å². The third-order valence-electron chi connectivity index (χ3n) is 2.19. The summed E-state index contributed by atoms with van der Waals surface area (Å²) in [6, 6.07) is 1.64. The van der Waals surface area contributed by atoms with Crippen molar-refractivity contribution in [3.05, 3.63) is 17.5 Å². The number of carbonyl (C=O) groups is 1. The van der Waals surface area contributed by atoms with Gasteiger partial charge in [0.1, 0.15) is 5.69 Å². The highest BCUT2D eigenvalue weighted by Gasteiger charge is 2.14. The van der Waals surface area contributed by atoms with Gasteiger partial charge in [0.25, 0.3) is 5.91 Å². The minimum absolute atomic E-state index is 0.0631. The molecule has 0 aliphatic heterocycles. The van der Waals surface area contributed by atoms with E-state index in [9.17, 15) is 4.79 Å². The fourth-order valence-electron chi connectivity index (χ4n) is 1.36. The molecule has 0 fully saturated rings. The average molecular weight is 238 g/mol. The molecule has 0 aliphatic rings. The zero-order chi connectivity index (χ0) is 12.8. The van der Waals surface area contributed by atoms with Crippen molar-refractivity contribution in [2.24, 2.45) is 0 Å². The van der Waals surface area contributed by atoms with Gasteiger partial charge in [-0.25, -0.2) is 9.97 Å². The Morgan fingerprint density at radius 3 is 2.82 bits per heavy atom. The molecule has 1 amide bonds. The van der Waals surface area contributed by atoms with E-state index in [-0.39, 0.29) is 12.5 Å². The summed E-state index contributed by atoms with van der Waals surface area (Å²) in [5.41, 5.74) is 1.07. The molecule has 0 atom stereocenters. The lowest BCUT2D eigenvalue weighted by atomic mass is 10.3. The first-order valence-electron chi connectivity index (χ1n) is 5.54. The second-order valence-corrected chi connectivity index (χ2v) is 3.70. The molecular formula is C11H18N4O2. The van der Waals surface area contributed by atoms with E-state index in [0.717, 1.165) is 5.69 Å². The van der Waals surface area contributed by atoms with Crippen LogP contribution in [0.5, 0.6) is 0 Å². The summed E-state index contributed by atoms with van der Waals surface area (Å²) in [4.78, 5) is 21.7. The highest BCUT2D eigenvalue weighted by Crippen LogP contribution is 2.07. The second kappa shape index (κ2) is 6.15. The Balaban J connectivity index is 2.92. The molecule has 0 aromatic carbocycles. The Kier molecular flexibility index (Phi) is 4.84. The van der Waals surface area contributed by atoms with Gasteiger partial charge in [0.05, 0.1) is 6.61 Å². The number of aryl methyl sites for hydroxylation is 1. The number of amides is 1. The van der Waals surface area contributed by atoms with Crippen LogP contribution in [0.2, 0.25) is 0 Å². The van der Waals surface area contributed by atoms with Crippen LogP contribution < -0.4 is 5.32 Å². The molecule has 1 heterocycles. The number of rotatable bonds is 5. The minimum Gasteiger partial charge on any atom is -0.395 e. The summed E-state index contributed by atoms with van der Waals surface area (Å²) >= 11 is 0. The van der Waals surface area contributed by atoms with Gasteiger partial charge in [0.15, 0.2) is 0 Å². The van der Waals surface area contributed by atoms with E-state index in [1.54, 1.807) is 13.1 Å². The van der Waals surface area contributed by atoms with Gasteiger partial charge in [-0.1, -0.05) is 0 Å². The van der Waals surface area contributed by atoms with Gasteiger partial charge in [-0.2, -0.15) is 0 Å². The summed E-state index contributed by atoms with van der Waals surface area (Å²) in [5.74, 6) is 0.233. The topological polar surface area (TPSA) is 78.4 Å². The van der Waals surface area contributed by atoms with E-state index in [2.05, 4.69) is 15.3 Å². The average Bonchev–Trinajstić information content (AvgIpc) is 2.28. The van der Waals surface area contributed by atoms with Crippen LogP contribution in [-0.2, 0) is 0 Å². The molecular weight excluding hydrogens is 220 g/mol. The highest BCUT2D eigenvalue weighted by molar-refractivity contribution is 5.92. The molecule has 1 rings (SSSR count). The van der Waals surface area contributed by atoms with Crippen molar-refractivity contribution >= 4 is 11.9 Å². The molecule has 0 radical (unpaired) electrons. The van der Waals surface area contributed by atoms with Crippen molar-refractivity contribution < 1.29 is 9.90 Å². The lowest BCUT2D eigenvalue weighted by Gasteiger charge is -2.15. The van der Waals surface area contributed by atoms with Crippen LogP contribution in [0.1, 0.15) is 23.1 Å². The molecule has 6 nitrogen and oxygen atoms in total. The number of hydrogen-bond acceptors (Lipinski definition) is 5. The number of likely N-dealkylation sites (N-methyl/N-ethyl adjacent to an activating group) is 1.